The third-order valence-corrected chi connectivity index (χ3v) is 4.32. The fourth-order valence-corrected chi connectivity index (χ4v) is 2.78. The molecule has 0 N–H and O–H groups in total. The van der Waals surface area contributed by atoms with Crippen LogP contribution in [0.2, 0.25) is 0 Å². The Morgan fingerprint density at radius 1 is 0.675 bits per heavy atom. The smallest absolute Gasteiger partial charge is 0.441 e. The van der Waals surface area contributed by atoms with Gasteiger partial charge < -0.3 is 9.47 Å². The van der Waals surface area contributed by atoms with Crippen LogP contribution in [0.15, 0.2) is 77.2 Å². The summed E-state index contributed by atoms with van der Waals surface area (Å²) < 4.78 is 10.1. The number of amides is 2. The lowest BCUT2D eigenvalue weighted by atomic mass is 10.2. The van der Waals surface area contributed by atoms with Gasteiger partial charge in [-0.15, -0.1) is 20.0 Å². The molecule has 2 amide bonds. The van der Waals surface area contributed by atoms with E-state index in [2.05, 4.69) is 40.8 Å². The number of rotatable bonds is 9. The highest BCUT2D eigenvalue weighted by molar-refractivity contribution is 5.89. The fourth-order valence-electron chi connectivity index (χ4n) is 2.78. The van der Waals surface area contributed by atoms with Crippen molar-refractivity contribution in [3.05, 3.63) is 57.3 Å². The van der Waals surface area contributed by atoms with Gasteiger partial charge in [-0.25, -0.2) is 9.59 Å². The number of ether oxygens (including phenoxy) is 2. The molecular formula is C26H30N8O6. The van der Waals surface area contributed by atoms with Crippen LogP contribution in [0, 0.1) is 9.81 Å². The molecule has 0 aliphatic heterocycles. The van der Waals surface area contributed by atoms with E-state index >= 15 is 0 Å². The van der Waals surface area contributed by atoms with Crippen molar-refractivity contribution in [3.63, 3.8) is 0 Å². The van der Waals surface area contributed by atoms with Gasteiger partial charge in [0.05, 0.1) is 24.5 Å². The standard InChI is InChI=1S/C26H30N8O6/c1-25(2,3)39-23(35)31-29-19-7-9-21(33-37)17(13-19)15-27-11-12-28-16-18-14-20(8-10-22(18)34-38)30-32-24(36)40-26(4,5)6/h7-10,13-16H,11-12H2,1-6H3. The summed E-state index contributed by atoms with van der Waals surface area (Å²) in [6.07, 6.45) is 1.16. The van der Waals surface area contributed by atoms with Crippen LogP contribution in [0.1, 0.15) is 52.7 Å². The van der Waals surface area contributed by atoms with Crippen molar-refractivity contribution in [1.29, 1.82) is 0 Å². The van der Waals surface area contributed by atoms with Gasteiger partial charge in [0.1, 0.15) is 22.6 Å². The Bertz CT molecular complexity index is 1250. The van der Waals surface area contributed by atoms with Crippen molar-refractivity contribution in [1.82, 2.24) is 0 Å². The van der Waals surface area contributed by atoms with E-state index in [0.717, 1.165) is 0 Å². The molecule has 0 spiro atoms. The summed E-state index contributed by atoms with van der Waals surface area (Å²) >= 11 is 0. The first-order valence-electron chi connectivity index (χ1n) is 12.0. The van der Waals surface area contributed by atoms with Crippen molar-refractivity contribution in [3.8, 4) is 0 Å². The first-order chi connectivity index (χ1) is 18.8. The van der Waals surface area contributed by atoms with E-state index in [1.54, 1.807) is 41.5 Å². The van der Waals surface area contributed by atoms with Gasteiger partial charge in [-0.3, -0.25) is 9.98 Å². The number of benzene rings is 2. The van der Waals surface area contributed by atoms with Gasteiger partial charge in [-0.2, -0.15) is 0 Å². The third-order valence-electron chi connectivity index (χ3n) is 4.32. The molecule has 2 rings (SSSR count). The molecule has 0 heterocycles. The van der Waals surface area contributed by atoms with Gasteiger partial charge in [-0.1, -0.05) is 10.2 Å². The highest BCUT2D eigenvalue weighted by Crippen LogP contribution is 2.25. The SMILES string of the molecule is CC(C)(C)OC(=O)N=Nc1ccc(N=O)c(C=NCCN=Cc2cc(N=NC(=O)OC(C)(C)C)ccc2N=O)c1. The van der Waals surface area contributed by atoms with E-state index < -0.39 is 23.4 Å². The van der Waals surface area contributed by atoms with E-state index in [0.29, 0.717) is 22.5 Å². The van der Waals surface area contributed by atoms with Crippen LogP contribution in [0.5, 0.6) is 0 Å². The predicted octanol–water partition coefficient (Wildman–Crippen LogP) is 8.06. The number of hydrogen-bond donors (Lipinski definition) is 0. The summed E-state index contributed by atoms with van der Waals surface area (Å²) in [6.45, 7) is 10.7. The Balaban J connectivity index is 2.04. The molecule has 0 aliphatic carbocycles. The normalized spacial score (nSPS) is 12.4. The molecule has 2 aromatic rings. The Labute approximate surface area is 230 Å². The Hall–Kier alpha value is -4.88. The largest absolute Gasteiger partial charge is 0.452 e. The Kier molecular flexibility index (Phi) is 11.2. The molecule has 0 unspecified atom stereocenters. The summed E-state index contributed by atoms with van der Waals surface area (Å²) in [6, 6.07) is 8.81. The van der Waals surface area contributed by atoms with Gasteiger partial charge in [0.25, 0.3) is 0 Å². The minimum absolute atomic E-state index is 0.127. The van der Waals surface area contributed by atoms with Crippen molar-refractivity contribution >= 4 is 47.4 Å². The Morgan fingerprint density at radius 2 is 1.05 bits per heavy atom. The van der Waals surface area contributed by atoms with Crippen molar-refractivity contribution < 1.29 is 19.1 Å². The van der Waals surface area contributed by atoms with Crippen molar-refractivity contribution in [2.24, 2.45) is 40.8 Å². The molecular weight excluding hydrogens is 520 g/mol. The maximum atomic E-state index is 11.7. The molecule has 0 aromatic heterocycles. The number of aliphatic imine (C=N–C) groups is 2. The maximum Gasteiger partial charge on any atom is 0.452 e. The topological polar surface area (TPSA) is 186 Å². The van der Waals surface area contributed by atoms with Gasteiger partial charge in [0, 0.05) is 23.6 Å². The van der Waals surface area contributed by atoms with Crippen LogP contribution in [-0.4, -0.2) is 48.9 Å². The minimum atomic E-state index is -0.845. The minimum Gasteiger partial charge on any atom is -0.441 e. The van der Waals surface area contributed by atoms with Crippen LogP contribution < -0.4 is 0 Å². The molecule has 210 valence electrons. The van der Waals surface area contributed by atoms with Gasteiger partial charge in [0.2, 0.25) is 0 Å². The van der Waals surface area contributed by atoms with Crippen molar-refractivity contribution in [2.45, 2.75) is 52.7 Å². The molecule has 2 aromatic carbocycles. The van der Waals surface area contributed by atoms with E-state index in [4.69, 9.17) is 9.47 Å². The number of nitroso groups, excluding NO2 is 2. The maximum absolute atomic E-state index is 11.7. The lowest BCUT2D eigenvalue weighted by Crippen LogP contribution is -2.21. The first kappa shape index (κ1) is 31.3. The quantitative estimate of drug-likeness (QED) is 0.131. The van der Waals surface area contributed by atoms with Crippen LogP contribution in [0.4, 0.5) is 32.3 Å². The molecule has 0 atom stereocenters. The van der Waals surface area contributed by atoms with E-state index in [1.165, 1.54) is 48.8 Å². The molecule has 0 aliphatic rings. The van der Waals surface area contributed by atoms with Crippen molar-refractivity contribution in [2.75, 3.05) is 13.1 Å². The molecule has 0 saturated heterocycles. The summed E-state index contributed by atoms with van der Waals surface area (Å²) in [5.41, 5.74) is 0.187. The molecule has 14 heteroatoms. The first-order valence-corrected chi connectivity index (χ1v) is 12.0. The summed E-state index contributed by atoms with van der Waals surface area (Å²) in [5.74, 6) is 0. The summed E-state index contributed by atoms with van der Waals surface area (Å²) in [7, 11) is 0. The molecule has 0 fully saturated rings. The van der Waals surface area contributed by atoms with Crippen LogP contribution >= 0.6 is 0 Å². The molecule has 0 saturated carbocycles. The average molecular weight is 551 g/mol. The highest BCUT2D eigenvalue weighted by Gasteiger charge is 2.16. The lowest BCUT2D eigenvalue weighted by Gasteiger charge is -2.16. The Morgan fingerprint density at radius 3 is 1.38 bits per heavy atom. The highest BCUT2D eigenvalue weighted by atomic mass is 16.6. The van der Waals surface area contributed by atoms with E-state index in [9.17, 15) is 19.4 Å². The summed E-state index contributed by atoms with van der Waals surface area (Å²) in [5, 5.41) is 20.6. The zero-order valence-corrected chi connectivity index (χ0v) is 23.1. The molecule has 14 nitrogen and oxygen atoms in total. The third kappa shape index (κ3) is 11.7. The predicted molar refractivity (Wildman–Crippen MR) is 150 cm³/mol. The van der Waals surface area contributed by atoms with E-state index in [1.807, 2.05) is 0 Å². The fraction of sp³-hybridized carbons (Fsp3) is 0.385. The number of carbonyl (C=O) groups excluding carboxylic acids is 2. The molecule has 0 bridgehead atoms. The number of azo groups is 2. The lowest BCUT2D eigenvalue weighted by molar-refractivity contribution is 0.0580. The number of nitrogens with zero attached hydrogens (tertiary/aromatic N) is 8. The van der Waals surface area contributed by atoms with Crippen LogP contribution in [0.25, 0.3) is 0 Å². The van der Waals surface area contributed by atoms with Gasteiger partial charge in [0.15, 0.2) is 0 Å². The molecule has 0 radical (unpaired) electrons. The van der Waals surface area contributed by atoms with Gasteiger partial charge in [-0.05, 0) is 88.3 Å². The molecule has 40 heavy (non-hydrogen) atoms. The zero-order valence-electron chi connectivity index (χ0n) is 23.1. The second-order valence-electron chi connectivity index (χ2n) is 10.1. The van der Waals surface area contributed by atoms with Gasteiger partial charge >= 0.3 is 12.2 Å². The monoisotopic (exact) mass is 550 g/mol. The van der Waals surface area contributed by atoms with Crippen LogP contribution in [0.3, 0.4) is 0 Å². The van der Waals surface area contributed by atoms with E-state index in [-0.39, 0.29) is 24.5 Å². The summed E-state index contributed by atoms with van der Waals surface area (Å²) in [4.78, 5) is 54.2. The zero-order chi connectivity index (χ0) is 29.8. The number of hydrogen-bond acceptors (Lipinski definition) is 12. The second-order valence-corrected chi connectivity index (χ2v) is 10.1. The van der Waals surface area contributed by atoms with Crippen LogP contribution in [-0.2, 0) is 9.47 Å². The average Bonchev–Trinajstić information content (AvgIpc) is 2.86. The number of carbonyl (C=O) groups is 2. The second kappa shape index (κ2) is 14.3.